The van der Waals surface area contributed by atoms with Gasteiger partial charge in [0.25, 0.3) is 5.91 Å². The number of furan rings is 1. The molecule has 3 rings (SSSR count). The molecule has 22 heavy (non-hydrogen) atoms. The molecular weight excluding hydrogens is 284 g/mol. The predicted octanol–water partition coefficient (Wildman–Crippen LogP) is 1.33. The molecule has 0 radical (unpaired) electrons. The Morgan fingerprint density at radius 1 is 1.55 bits per heavy atom. The maximum Gasteiger partial charge on any atom is 0.252 e. The third-order valence-corrected chi connectivity index (χ3v) is 3.45. The maximum absolute atomic E-state index is 12.6. The Hall–Kier alpha value is -2.67. The Bertz CT molecular complexity index is 808. The van der Waals surface area contributed by atoms with E-state index in [1.165, 1.54) is 6.26 Å². The maximum atomic E-state index is 12.6. The number of fused-ring (bicyclic) bond motifs is 1. The minimum absolute atomic E-state index is 0.250. The summed E-state index contributed by atoms with van der Waals surface area (Å²) in [6.07, 6.45) is 3.11. The zero-order valence-corrected chi connectivity index (χ0v) is 12.3. The van der Waals surface area contributed by atoms with Gasteiger partial charge in [-0.05, 0) is 25.1 Å². The van der Waals surface area contributed by atoms with Crippen LogP contribution in [0.5, 0.6) is 0 Å². The highest BCUT2D eigenvalue weighted by atomic mass is 16.3. The molecular formula is C15H16N4O3. The quantitative estimate of drug-likeness (QED) is 0.758. The topological polar surface area (TPSA) is 93.2 Å². The highest BCUT2D eigenvalue weighted by Crippen LogP contribution is 2.19. The second-order valence-corrected chi connectivity index (χ2v) is 5.04. The summed E-state index contributed by atoms with van der Waals surface area (Å²) in [7, 11) is 1.77. The number of aliphatic hydroxyl groups is 1. The molecule has 3 aromatic rings. The molecule has 1 unspecified atom stereocenters. The fourth-order valence-corrected chi connectivity index (χ4v) is 2.36. The monoisotopic (exact) mass is 300 g/mol. The van der Waals surface area contributed by atoms with Crippen LogP contribution < -0.4 is 5.32 Å². The van der Waals surface area contributed by atoms with Crippen molar-refractivity contribution < 1.29 is 14.3 Å². The van der Waals surface area contributed by atoms with Crippen LogP contribution in [0, 0.1) is 6.92 Å². The van der Waals surface area contributed by atoms with Gasteiger partial charge in [-0.1, -0.05) is 0 Å². The molecule has 0 aromatic carbocycles. The number of nitrogens with zero attached hydrogens (tertiary/aromatic N) is 3. The smallest absolute Gasteiger partial charge is 0.252 e. The lowest BCUT2D eigenvalue weighted by Gasteiger charge is -2.14. The van der Waals surface area contributed by atoms with Gasteiger partial charge in [-0.3, -0.25) is 9.48 Å². The second-order valence-electron chi connectivity index (χ2n) is 5.04. The molecule has 0 aliphatic rings. The summed E-state index contributed by atoms with van der Waals surface area (Å²) in [5.41, 5.74) is 1.84. The third kappa shape index (κ3) is 2.46. The average Bonchev–Trinajstić information content (AvgIpc) is 3.15. The van der Waals surface area contributed by atoms with E-state index in [0.29, 0.717) is 22.4 Å². The van der Waals surface area contributed by atoms with Crippen molar-refractivity contribution in [3.63, 3.8) is 0 Å². The molecule has 0 spiro atoms. The van der Waals surface area contributed by atoms with Crippen molar-refractivity contribution in [2.75, 3.05) is 6.61 Å². The van der Waals surface area contributed by atoms with E-state index in [9.17, 15) is 9.90 Å². The van der Waals surface area contributed by atoms with Crippen LogP contribution in [0.2, 0.25) is 0 Å². The number of pyridine rings is 1. The van der Waals surface area contributed by atoms with Crippen LogP contribution in [0.15, 0.2) is 35.1 Å². The molecule has 1 atom stereocenters. The molecule has 3 aromatic heterocycles. The average molecular weight is 300 g/mol. The Morgan fingerprint density at radius 3 is 3.05 bits per heavy atom. The van der Waals surface area contributed by atoms with Gasteiger partial charge in [-0.25, -0.2) is 4.98 Å². The first-order valence-corrected chi connectivity index (χ1v) is 6.84. The number of aryl methyl sites for hydroxylation is 2. The lowest BCUT2D eigenvalue weighted by atomic mass is 10.1. The number of carbonyl (C=O) groups excluding carboxylic acids is 1. The number of hydrogen-bond donors (Lipinski definition) is 2. The van der Waals surface area contributed by atoms with Crippen molar-refractivity contribution in [3.8, 4) is 0 Å². The second kappa shape index (κ2) is 5.61. The molecule has 0 aliphatic heterocycles. The standard InChI is InChI=1S/C15H16N4O3/c1-9-6-10(11-7-16-19(2)14(11)17-9)15(21)18-12(8-20)13-4-3-5-22-13/h3-7,12,20H,8H2,1-2H3,(H,18,21). The van der Waals surface area contributed by atoms with Crippen LogP contribution in [0.25, 0.3) is 11.0 Å². The highest BCUT2D eigenvalue weighted by molar-refractivity contribution is 6.05. The first-order valence-electron chi connectivity index (χ1n) is 6.84. The zero-order valence-electron chi connectivity index (χ0n) is 12.3. The van der Waals surface area contributed by atoms with Gasteiger partial charge in [0.1, 0.15) is 11.8 Å². The van der Waals surface area contributed by atoms with Gasteiger partial charge in [0.2, 0.25) is 0 Å². The molecule has 2 N–H and O–H groups in total. The van der Waals surface area contributed by atoms with E-state index in [0.717, 1.165) is 5.69 Å². The number of hydrogen-bond acceptors (Lipinski definition) is 5. The van der Waals surface area contributed by atoms with Gasteiger partial charge in [0.05, 0.1) is 30.0 Å². The van der Waals surface area contributed by atoms with Gasteiger partial charge in [-0.2, -0.15) is 5.10 Å². The normalized spacial score (nSPS) is 12.5. The minimum atomic E-state index is -0.595. The van der Waals surface area contributed by atoms with Crippen LogP contribution in [0.4, 0.5) is 0 Å². The molecule has 0 bridgehead atoms. The molecule has 0 fully saturated rings. The van der Waals surface area contributed by atoms with Crippen molar-refractivity contribution in [1.82, 2.24) is 20.1 Å². The summed E-state index contributed by atoms with van der Waals surface area (Å²) < 4.78 is 6.86. The van der Waals surface area contributed by atoms with Crippen molar-refractivity contribution in [2.24, 2.45) is 7.05 Å². The lowest BCUT2D eigenvalue weighted by molar-refractivity contribution is 0.0909. The molecule has 3 heterocycles. The molecule has 1 amide bonds. The number of rotatable bonds is 4. The highest BCUT2D eigenvalue weighted by Gasteiger charge is 2.20. The van der Waals surface area contributed by atoms with Crippen molar-refractivity contribution in [3.05, 3.63) is 47.7 Å². The molecule has 7 heteroatoms. The van der Waals surface area contributed by atoms with Crippen molar-refractivity contribution in [2.45, 2.75) is 13.0 Å². The Kier molecular flexibility index (Phi) is 3.64. The summed E-state index contributed by atoms with van der Waals surface area (Å²) in [6, 6.07) is 4.52. The van der Waals surface area contributed by atoms with E-state index >= 15 is 0 Å². The third-order valence-electron chi connectivity index (χ3n) is 3.45. The van der Waals surface area contributed by atoms with Gasteiger partial charge in [-0.15, -0.1) is 0 Å². The SMILES string of the molecule is Cc1cc(C(=O)NC(CO)c2ccco2)c2cnn(C)c2n1. The number of aromatic nitrogens is 3. The largest absolute Gasteiger partial charge is 0.467 e. The fraction of sp³-hybridized carbons (Fsp3) is 0.267. The molecule has 114 valence electrons. The van der Waals surface area contributed by atoms with E-state index in [2.05, 4.69) is 15.4 Å². The molecule has 0 saturated carbocycles. The Labute approximate surface area is 126 Å². The number of amides is 1. The van der Waals surface area contributed by atoms with Crippen molar-refractivity contribution >= 4 is 16.9 Å². The van der Waals surface area contributed by atoms with E-state index in [4.69, 9.17) is 4.42 Å². The zero-order chi connectivity index (χ0) is 15.7. The summed E-state index contributed by atoms with van der Waals surface area (Å²) in [4.78, 5) is 16.9. The van der Waals surface area contributed by atoms with E-state index in [-0.39, 0.29) is 12.5 Å². The first-order chi connectivity index (χ1) is 10.6. The van der Waals surface area contributed by atoms with Gasteiger partial charge in [0, 0.05) is 12.7 Å². The fourth-order valence-electron chi connectivity index (χ4n) is 2.36. The van der Waals surface area contributed by atoms with Gasteiger partial charge in [0.15, 0.2) is 5.65 Å². The lowest BCUT2D eigenvalue weighted by Crippen LogP contribution is -2.30. The summed E-state index contributed by atoms with van der Waals surface area (Å²) >= 11 is 0. The number of aliphatic hydroxyl groups excluding tert-OH is 1. The summed E-state index contributed by atoms with van der Waals surface area (Å²) in [6.45, 7) is 1.57. The van der Waals surface area contributed by atoms with Crippen LogP contribution >= 0.6 is 0 Å². The molecule has 7 nitrogen and oxygen atoms in total. The Balaban J connectivity index is 1.95. The van der Waals surface area contributed by atoms with Gasteiger partial charge < -0.3 is 14.8 Å². The number of carbonyl (C=O) groups is 1. The van der Waals surface area contributed by atoms with Crippen LogP contribution in [0.3, 0.4) is 0 Å². The van der Waals surface area contributed by atoms with Gasteiger partial charge >= 0.3 is 0 Å². The number of nitrogens with one attached hydrogen (secondary N) is 1. The minimum Gasteiger partial charge on any atom is -0.467 e. The predicted molar refractivity (Wildman–Crippen MR) is 79.2 cm³/mol. The van der Waals surface area contributed by atoms with Crippen molar-refractivity contribution in [1.29, 1.82) is 0 Å². The summed E-state index contributed by atoms with van der Waals surface area (Å²) in [5.74, 6) is 0.197. The summed E-state index contributed by atoms with van der Waals surface area (Å²) in [5, 5.41) is 17.0. The molecule has 0 aliphatic carbocycles. The van der Waals surface area contributed by atoms with Crippen LogP contribution in [-0.4, -0.2) is 32.4 Å². The van der Waals surface area contributed by atoms with E-state index in [1.807, 2.05) is 6.92 Å². The molecule has 0 saturated heterocycles. The van der Waals surface area contributed by atoms with Crippen LogP contribution in [-0.2, 0) is 7.05 Å². The van der Waals surface area contributed by atoms with E-state index < -0.39 is 6.04 Å². The van der Waals surface area contributed by atoms with E-state index in [1.54, 1.807) is 36.1 Å². The Morgan fingerprint density at radius 2 is 2.36 bits per heavy atom. The first kappa shape index (κ1) is 14.3. The van der Waals surface area contributed by atoms with Crippen LogP contribution in [0.1, 0.15) is 27.9 Å².